The highest BCUT2D eigenvalue weighted by atomic mass is 19.4. The van der Waals surface area contributed by atoms with Crippen molar-refractivity contribution in [1.29, 1.82) is 0 Å². The molecule has 0 saturated heterocycles. The molecule has 0 aliphatic heterocycles. The molecule has 0 heterocycles. The second-order valence-electron chi connectivity index (χ2n) is 3.84. The topological polar surface area (TPSA) is 52.3 Å². The zero-order valence-electron chi connectivity index (χ0n) is 10.1. The largest absolute Gasteiger partial charge is 0.466 e. The highest BCUT2D eigenvalue weighted by molar-refractivity contribution is 5.70. The second-order valence-corrected chi connectivity index (χ2v) is 3.84. The van der Waals surface area contributed by atoms with Crippen LogP contribution in [0, 0.1) is 5.82 Å². The molecule has 0 amide bonds. The molecule has 1 rings (SSSR count). The molecule has 0 radical (unpaired) electrons. The van der Waals surface area contributed by atoms with Gasteiger partial charge in [-0.3, -0.25) is 4.79 Å². The molecule has 0 fully saturated rings. The van der Waals surface area contributed by atoms with Crippen molar-refractivity contribution in [2.45, 2.75) is 25.6 Å². The Kier molecular flexibility index (Phi) is 4.88. The SMILES string of the molecule is CCOC(=O)C[C@H](N)c1cc(F)ccc1C(F)(F)F. The Morgan fingerprint density at radius 3 is 2.58 bits per heavy atom. The fourth-order valence-electron chi connectivity index (χ4n) is 1.61. The lowest BCUT2D eigenvalue weighted by atomic mass is 9.98. The van der Waals surface area contributed by atoms with Gasteiger partial charge in [0.15, 0.2) is 0 Å². The number of carbonyl (C=O) groups is 1. The predicted molar refractivity (Wildman–Crippen MR) is 59.6 cm³/mol. The van der Waals surface area contributed by atoms with Gasteiger partial charge in [0.2, 0.25) is 0 Å². The van der Waals surface area contributed by atoms with E-state index in [1.165, 1.54) is 0 Å². The number of alkyl halides is 3. The summed E-state index contributed by atoms with van der Waals surface area (Å²) in [6.07, 6.45) is -5.10. The van der Waals surface area contributed by atoms with Crippen LogP contribution in [0.15, 0.2) is 18.2 Å². The molecule has 106 valence electrons. The van der Waals surface area contributed by atoms with Gasteiger partial charge in [-0.15, -0.1) is 0 Å². The maximum Gasteiger partial charge on any atom is 0.416 e. The van der Waals surface area contributed by atoms with Crippen LogP contribution in [0.5, 0.6) is 0 Å². The van der Waals surface area contributed by atoms with Gasteiger partial charge in [-0.05, 0) is 30.7 Å². The van der Waals surface area contributed by atoms with E-state index in [4.69, 9.17) is 5.73 Å². The third-order valence-corrected chi connectivity index (χ3v) is 2.41. The van der Waals surface area contributed by atoms with Gasteiger partial charge in [0.1, 0.15) is 5.82 Å². The molecule has 1 aromatic rings. The van der Waals surface area contributed by atoms with Gasteiger partial charge in [-0.2, -0.15) is 13.2 Å². The van der Waals surface area contributed by atoms with Crippen LogP contribution in [0.2, 0.25) is 0 Å². The molecule has 1 atom stereocenters. The Balaban J connectivity index is 3.04. The molecule has 0 aliphatic carbocycles. The number of hydrogen-bond donors (Lipinski definition) is 1. The first-order valence-corrected chi connectivity index (χ1v) is 5.53. The Labute approximate surface area is 107 Å². The Hall–Kier alpha value is -1.63. The molecule has 0 saturated carbocycles. The maximum absolute atomic E-state index is 13.0. The van der Waals surface area contributed by atoms with E-state index in [0.29, 0.717) is 18.2 Å². The Bertz CT molecular complexity index is 460. The number of carbonyl (C=O) groups excluding carboxylic acids is 1. The average Bonchev–Trinajstić information content (AvgIpc) is 2.27. The van der Waals surface area contributed by atoms with E-state index < -0.39 is 41.6 Å². The van der Waals surface area contributed by atoms with Crippen molar-refractivity contribution in [3.63, 3.8) is 0 Å². The summed E-state index contributed by atoms with van der Waals surface area (Å²) < 4.78 is 55.8. The lowest BCUT2D eigenvalue weighted by Crippen LogP contribution is -2.21. The van der Waals surface area contributed by atoms with E-state index in [0.717, 1.165) is 0 Å². The molecule has 0 aliphatic rings. The van der Waals surface area contributed by atoms with Crippen molar-refractivity contribution in [3.8, 4) is 0 Å². The van der Waals surface area contributed by atoms with Crippen LogP contribution in [0.1, 0.15) is 30.5 Å². The summed E-state index contributed by atoms with van der Waals surface area (Å²) >= 11 is 0. The lowest BCUT2D eigenvalue weighted by molar-refractivity contribution is -0.144. The first-order chi connectivity index (χ1) is 8.75. The van der Waals surface area contributed by atoms with Crippen LogP contribution < -0.4 is 5.73 Å². The first kappa shape index (κ1) is 15.4. The summed E-state index contributed by atoms with van der Waals surface area (Å²) in [6, 6.07) is 0.720. The molecule has 0 aromatic heterocycles. The lowest BCUT2D eigenvalue weighted by Gasteiger charge is -2.17. The Morgan fingerprint density at radius 2 is 2.05 bits per heavy atom. The van der Waals surface area contributed by atoms with Crippen LogP contribution in [0.25, 0.3) is 0 Å². The van der Waals surface area contributed by atoms with Gasteiger partial charge < -0.3 is 10.5 Å². The number of halogens is 4. The summed E-state index contributed by atoms with van der Waals surface area (Å²) in [5.74, 6) is -1.57. The fourth-order valence-corrected chi connectivity index (χ4v) is 1.61. The van der Waals surface area contributed by atoms with Gasteiger partial charge in [0.25, 0.3) is 0 Å². The number of benzene rings is 1. The number of rotatable bonds is 4. The average molecular weight is 279 g/mol. The van der Waals surface area contributed by atoms with E-state index in [1.807, 2.05) is 0 Å². The van der Waals surface area contributed by atoms with Crippen molar-refractivity contribution >= 4 is 5.97 Å². The van der Waals surface area contributed by atoms with Crippen LogP contribution >= 0.6 is 0 Å². The van der Waals surface area contributed by atoms with Crippen molar-refractivity contribution < 1.29 is 27.1 Å². The minimum Gasteiger partial charge on any atom is -0.466 e. The first-order valence-electron chi connectivity index (χ1n) is 5.53. The van der Waals surface area contributed by atoms with Crippen molar-refractivity contribution in [2.24, 2.45) is 5.73 Å². The van der Waals surface area contributed by atoms with Gasteiger partial charge in [-0.25, -0.2) is 4.39 Å². The number of esters is 1. The van der Waals surface area contributed by atoms with E-state index in [2.05, 4.69) is 4.74 Å². The van der Waals surface area contributed by atoms with Crippen LogP contribution in [0.4, 0.5) is 17.6 Å². The number of hydrogen-bond acceptors (Lipinski definition) is 3. The van der Waals surface area contributed by atoms with E-state index in [1.54, 1.807) is 6.92 Å². The van der Waals surface area contributed by atoms with Gasteiger partial charge >= 0.3 is 12.1 Å². The minimum atomic E-state index is -4.66. The van der Waals surface area contributed by atoms with E-state index in [-0.39, 0.29) is 6.61 Å². The molecule has 2 N–H and O–H groups in total. The molecular weight excluding hydrogens is 266 g/mol. The third-order valence-electron chi connectivity index (χ3n) is 2.41. The summed E-state index contributed by atoms with van der Waals surface area (Å²) in [6.45, 7) is 1.66. The van der Waals surface area contributed by atoms with Gasteiger partial charge in [-0.1, -0.05) is 0 Å². The summed E-state index contributed by atoms with van der Waals surface area (Å²) in [7, 11) is 0. The van der Waals surface area contributed by atoms with E-state index >= 15 is 0 Å². The van der Waals surface area contributed by atoms with Gasteiger partial charge in [0.05, 0.1) is 18.6 Å². The second kappa shape index (κ2) is 6.01. The Morgan fingerprint density at radius 1 is 1.42 bits per heavy atom. The van der Waals surface area contributed by atoms with E-state index in [9.17, 15) is 22.4 Å². The van der Waals surface area contributed by atoms with Crippen molar-refractivity contribution in [3.05, 3.63) is 35.1 Å². The fraction of sp³-hybridized carbons (Fsp3) is 0.417. The molecule has 19 heavy (non-hydrogen) atoms. The monoisotopic (exact) mass is 279 g/mol. The van der Waals surface area contributed by atoms with Crippen LogP contribution in [-0.4, -0.2) is 12.6 Å². The van der Waals surface area contributed by atoms with Gasteiger partial charge in [0, 0.05) is 6.04 Å². The molecule has 3 nitrogen and oxygen atoms in total. The molecule has 0 spiro atoms. The standard InChI is InChI=1S/C12H13F4NO2/c1-2-19-11(18)6-10(17)8-5-7(13)3-4-9(8)12(14,15)16/h3-5,10H,2,6,17H2,1H3/t10-/m0/s1. The molecule has 0 bridgehead atoms. The maximum atomic E-state index is 13.0. The normalized spacial score (nSPS) is 13.2. The summed E-state index contributed by atoms with van der Waals surface area (Å²) in [5, 5.41) is 0. The van der Waals surface area contributed by atoms with Crippen LogP contribution in [0.3, 0.4) is 0 Å². The quantitative estimate of drug-likeness (QED) is 0.681. The highest BCUT2D eigenvalue weighted by Crippen LogP contribution is 2.35. The zero-order chi connectivity index (χ0) is 14.6. The number of ether oxygens (including phenoxy) is 1. The van der Waals surface area contributed by atoms with Crippen molar-refractivity contribution in [2.75, 3.05) is 6.61 Å². The molecule has 7 heteroatoms. The summed E-state index contributed by atoms with van der Waals surface area (Å²) in [4.78, 5) is 11.2. The zero-order valence-corrected chi connectivity index (χ0v) is 10.1. The van der Waals surface area contributed by atoms with Crippen molar-refractivity contribution in [1.82, 2.24) is 0 Å². The molecule has 1 aromatic carbocycles. The predicted octanol–water partition coefficient (Wildman–Crippen LogP) is 2.80. The molecule has 0 unspecified atom stereocenters. The third kappa shape index (κ3) is 4.20. The number of nitrogens with two attached hydrogens (primary N) is 1. The summed E-state index contributed by atoms with van der Waals surface area (Å²) in [5.41, 5.74) is 4.02. The van der Waals surface area contributed by atoms with Crippen LogP contribution in [-0.2, 0) is 15.7 Å². The smallest absolute Gasteiger partial charge is 0.416 e. The molecular formula is C12H13F4NO2. The minimum absolute atomic E-state index is 0.0980. The highest BCUT2D eigenvalue weighted by Gasteiger charge is 2.35.